The second kappa shape index (κ2) is 7.25. The average Bonchev–Trinajstić information content (AvgIpc) is 3.03. The molecule has 5 nitrogen and oxygen atoms in total. The summed E-state index contributed by atoms with van der Waals surface area (Å²) in [5, 5.41) is 6.43. The number of rotatable bonds is 4. The van der Waals surface area contributed by atoms with Crippen LogP contribution in [-0.2, 0) is 6.54 Å². The first-order chi connectivity index (χ1) is 12.7. The molecule has 0 aliphatic carbocycles. The summed E-state index contributed by atoms with van der Waals surface area (Å²) in [6.07, 6.45) is 5.42. The van der Waals surface area contributed by atoms with Crippen molar-refractivity contribution in [3.8, 4) is 0 Å². The van der Waals surface area contributed by atoms with Crippen LogP contribution in [0.15, 0.2) is 48.8 Å². The maximum atomic E-state index is 13.1. The lowest BCUT2D eigenvalue weighted by atomic mass is 10.1. The minimum Gasteiger partial charge on any atom is -0.349 e. The largest absolute Gasteiger partial charge is 0.349 e. The van der Waals surface area contributed by atoms with Gasteiger partial charge in [-0.25, -0.2) is 4.39 Å². The molecule has 26 heavy (non-hydrogen) atoms. The summed E-state index contributed by atoms with van der Waals surface area (Å²) in [6, 6.07) is 10.4. The van der Waals surface area contributed by atoms with Gasteiger partial charge in [0.2, 0.25) is 0 Å². The zero-order valence-corrected chi connectivity index (χ0v) is 14.4. The number of benzene rings is 1. The number of amides is 1. The Bertz CT molecular complexity index is 913. The number of piperidine rings is 1. The molecular formula is C20H21FN4O. The Balaban J connectivity index is 1.62. The zero-order chi connectivity index (χ0) is 17.9. The molecule has 3 aromatic rings. The number of carbonyl (C=O) groups is 1. The molecule has 0 unspecified atom stereocenters. The van der Waals surface area contributed by atoms with Crippen LogP contribution in [0.1, 0.15) is 28.8 Å². The van der Waals surface area contributed by atoms with E-state index in [9.17, 15) is 9.18 Å². The fourth-order valence-electron chi connectivity index (χ4n) is 3.44. The predicted molar refractivity (Wildman–Crippen MR) is 98.6 cm³/mol. The first-order valence-electron chi connectivity index (χ1n) is 8.90. The van der Waals surface area contributed by atoms with Crippen LogP contribution in [0.5, 0.6) is 0 Å². The van der Waals surface area contributed by atoms with Crippen LogP contribution < -0.4 is 10.6 Å². The van der Waals surface area contributed by atoms with Gasteiger partial charge in [-0.3, -0.25) is 9.78 Å². The van der Waals surface area contributed by atoms with Gasteiger partial charge in [-0.05, 0) is 55.8 Å². The van der Waals surface area contributed by atoms with Gasteiger partial charge in [0.25, 0.3) is 5.91 Å². The fraction of sp³-hybridized carbons (Fsp3) is 0.300. The Labute approximate surface area is 151 Å². The molecule has 0 spiro atoms. The number of fused-ring (bicyclic) bond motifs is 1. The SMILES string of the molecule is O=C(NC1CCNCC1)c1cn(Cc2ccc(F)cc2)c2cccnc12. The lowest BCUT2D eigenvalue weighted by Crippen LogP contribution is -2.42. The molecule has 134 valence electrons. The first kappa shape index (κ1) is 16.7. The van der Waals surface area contributed by atoms with Gasteiger partial charge in [0, 0.05) is 25.0 Å². The van der Waals surface area contributed by atoms with Crippen LogP contribution in [0.3, 0.4) is 0 Å². The van der Waals surface area contributed by atoms with E-state index in [0.717, 1.165) is 37.0 Å². The summed E-state index contributed by atoms with van der Waals surface area (Å²) in [5.41, 5.74) is 3.15. The Morgan fingerprint density at radius 1 is 1.23 bits per heavy atom. The molecule has 4 rings (SSSR count). The number of nitrogens with zero attached hydrogens (tertiary/aromatic N) is 2. The summed E-state index contributed by atoms with van der Waals surface area (Å²) in [6.45, 7) is 2.41. The van der Waals surface area contributed by atoms with Crippen molar-refractivity contribution in [3.05, 3.63) is 65.7 Å². The highest BCUT2D eigenvalue weighted by Crippen LogP contribution is 2.21. The Kier molecular flexibility index (Phi) is 4.67. The number of aromatic nitrogens is 2. The lowest BCUT2D eigenvalue weighted by Gasteiger charge is -2.23. The third-order valence-electron chi connectivity index (χ3n) is 4.82. The third-order valence-corrected chi connectivity index (χ3v) is 4.82. The summed E-state index contributed by atoms with van der Waals surface area (Å²) in [4.78, 5) is 17.2. The molecule has 0 atom stereocenters. The van der Waals surface area contributed by atoms with E-state index in [1.807, 2.05) is 22.9 Å². The van der Waals surface area contributed by atoms with Gasteiger partial charge < -0.3 is 15.2 Å². The number of halogens is 1. The highest BCUT2D eigenvalue weighted by Gasteiger charge is 2.20. The van der Waals surface area contributed by atoms with Gasteiger partial charge in [-0.2, -0.15) is 0 Å². The molecule has 1 aromatic carbocycles. The second-order valence-electron chi connectivity index (χ2n) is 6.67. The van der Waals surface area contributed by atoms with E-state index in [4.69, 9.17) is 0 Å². The maximum Gasteiger partial charge on any atom is 0.255 e. The molecule has 1 saturated heterocycles. The summed E-state index contributed by atoms with van der Waals surface area (Å²) >= 11 is 0. The molecule has 0 radical (unpaired) electrons. The van der Waals surface area contributed by atoms with Crippen molar-refractivity contribution < 1.29 is 9.18 Å². The molecule has 0 saturated carbocycles. The first-order valence-corrected chi connectivity index (χ1v) is 8.90. The number of carbonyl (C=O) groups excluding carboxylic acids is 1. The minimum atomic E-state index is -0.255. The number of nitrogens with one attached hydrogen (secondary N) is 2. The van der Waals surface area contributed by atoms with Gasteiger partial charge in [-0.1, -0.05) is 12.1 Å². The highest BCUT2D eigenvalue weighted by molar-refractivity contribution is 6.05. The Morgan fingerprint density at radius 3 is 2.77 bits per heavy atom. The molecule has 2 aromatic heterocycles. The molecule has 1 amide bonds. The van der Waals surface area contributed by atoms with E-state index < -0.39 is 0 Å². The van der Waals surface area contributed by atoms with Crippen molar-refractivity contribution >= 4 is 16.9 Å². The van der Waals surface area contributed by atoms with Crippen molar-refractivity contribution in [2.24, 2.45) is 0 Å². The van der Waals surface area contributed by atoms with E-state index in [-0.39, 0.29) is 17.8 Å². The molecule has 2 N–H and O–H groups in total. The fourth-order valence-corrected chi connectivity index (χ4v) is 3.44. The summed E-state index contributed by atoms with van der Waals surface area (Å²) in [7, 11) is 0. The van der Waals surface area contributed by atoms with Crippen molar-refractivity contribution in [3.63, 3.8) is 0 Å². The molecule has 6 heteroatoms. The van der Waals surface area contributed by atoms with Crippen LogP contribution in [0, 0.1) is 5.82 Å². The molecule has 1 fully saturated rings. The predicted octanol–water partition coefficient (Wildman–Crippen LogP) is 2.71. The molecule has 1 aliphatic rings. The van der Waals surface area contributed by atoms with Gasteiger partial charge in [0.05, 0.1) is 11.1 Å². The van der Waals surface area contributed by atoms with Gasteiger partial charge in [0.1, 0.15) is 11.3 Å². The van der Waals surface area contributed by atoms with Crippen LogP contribution in [0.4, 0.5) is 4.39 Å². The Morgan fingerprint density at radius 2 is 2.00 bits per heavy atom. The zero-order valence-electron chi connectivity index (χ0n) is 14.4. The van der Waals surface area contributed by atoms with E-state index in [1.165, 1.54) is 12.1 Å². The molecular weight excluding hydrogens is 331 g/mol. The standard InChI is InChI=1S/C20H21FN4O/c21-15-5-3-14(4-6-15)12-25-13-17(19-18(25)2-1-9-23-19)20(26)24-16-7-10-22-11-8-16/h1-6,9,13,16,22H,7-8,10-12H2,(H,24,26). The van der Waals surface area contributed by atoms with E-state index in [0.29, 0.717) is 17.6 Å². The van der Waals surface area contributed by atoms with Crippen molar-refractivity contribution in [2.45, 2.75) is 25.4 Å². The van der Waals surface area contributed by atoms with Crippen LogP contribution in [-0.4, -0.2) is 34.6 Å². The van der Waals surface area contributed by atoms with E-state index >= 15 is 0 Å². The lowest BCUT2D eigenvalue weighted by molar-refractivity contribution is 0.0931. The minimum absolute atomic E-state index is 0.0848. The average molecular weight is 352 g/mol. The van der Waals surface area contributed by atoms with Crippen LogP contribution in [0.2, 0.25) is 0 Å². The van der Waals surface area contributed by atoms with Crippen LogP contribution >= 0.6 is 0 Å². The van der Waals surface area contributed by atoms with E-state index in [2.05, 4.69) is 15.6 Å². The third kappa shape index (κ3) is 3.46. The van der Waals surface area contributed by atoms with Crippen LogP contribution in [0.25, 0.3) is 11.0 Å². The summed E-state index contributed by atoms with van der Waals surface area (Å²) in [5.74, 6) is -0.340. The number of pyridine rings is 1. The molecule has 3 heterocycles. The van der Waals surface area contributed by atoms with Gasteiger partial charge in [0.15, 0.2) is 0 Å². The van der Waals surface area contributed by atoms with Gasteiger partial charge >= 0.3 is 0 Å². The van der Waals surface area contributed by atoms with Gasteiger partial charge in [-0.15, -0.1) is 0 Å². The topological polar surface area (TPSA) is 59.0 Å². The van der Waals surface area contributed by atoms with E-state index in [1.54, 1.807) is 18.3 Å². The number of hydrogen-bond acceptors (Lipinski definition) is 3. The second-order valence-corrected chi connectivity index (χ2v) is 6.67. The van der Waals surface area contributed by atoms with Crippen molar-refractivity contribution in [1.82, 2.24) is 20.2 Å². The normalized spacial score (nSPS) is 15.3. The summed E-state index contributed by atoms with van der Waals surface area (Å²) < 4.78 is 15.1. The van der Waals surface area contributed by atoms with Crippen molar-refractivity contribution in [1.29, 1.82) is 0 Å². The Hall–Kier alpha value is -2.73. The van der Waals surface area contributed by atoms with Crippen molar-refractivity contribution in [2.75, 3.05) is 13.1 Å². The quantitative estimate of drug-likeness (QED) is 0.759. The highest BCUT2D eigenvalue weighted by atomic mass is 19.1. The smallest absolute Gasteiger partial charge is 0.255 e. The molecule has 1 aliphatic heterocycles. The monoisotopic (exact) mass is 352 g/mol. The molecule has 0 bridgehead atoms. The maximum absolute atomic E-state index is 13.1. The number of hydrogen-bond donors (Lipinski definition) is 2.